The van der Waals surface area contributed by atoms with Crippen LogP contribution in [-0.2, 0) is 39.0 Å². The summed E-state index contributed by atoms with van der Waals surface area (Å²) in [6.07, 6.45) is 16.4. The maximum absolute atomic E-state index is 2.99. The number of aromatic nitrogens is 1. The number of hydrogen-bond acceptors (Lipinski definition) is 0. The molecule has 0 radical (unpaired) electrons. The van der Waals surface area contributed by atoms with E-state index in [0.29, 0.717) is 0 Å². The van der Waals surface area contributed by atoms with Gasteiger partial charge >= 0.3 is 26.2 Å². The van der Waals surface area contributed by atoms with Crippen LogP contribution >= 0.6 is 0 Å². The van der Waals surface area contributed by atoms with Gasteiger partial charge in [0.25, 0.3) is 0 Å². The number of nitrogens with zero attached hydrogens (tertiary/aromatic N) is 1. The monoisotopic (exact) mass is 517 g/mol. The van der Waals surface area contributed by atoms with Gasteiger partial charge in [-0.2, -0.15) is 6.08 Å². The van der Waals surface area contributed by atoms with E-state index in [9.17, 15) is 0 Å². The van der Waals surface area contributed by atoms with Gasteiger partial charge in [0.05, 0.1) is 0 Å². The van der Waals surface area contributed by atoms with E-state index >= 15 is 0 Å². The summed E-state index contributed by atoms with van der Waals surface area (Å²) in [5, 5.41) is 2.60. The average Bonchev–Trinajstić information content (AvgIpc) is 3.67. The van der Waals surface area contributed by atoms with E-state index in [4.69, 9.17) is 0 Å². The Morgan fingerprint density at radius 2 is 1.29 bits per heavy atom. The zero-order valence-corrected chi connectivity index (χ0v) is 21.8. The largest absolute Gasteiger partial charge is 2.00 e. The molecule has 0 fully saturated rings. The van der Waals surface area contributed by atoms with Gasteiger partial charge in [0.2, 0.25) is 0 Å². The van der Waals surface area contributed by atoms with Gasteiger partial charge in [0.1, 0.15) is 0 Å². The SMILES string of the molecule is [C-]1=CC=CC1.[Zr+2].c1ccc(CCc2ccccc2)cc1.c1ccc2[cH-]c(-n3cccc3)cc2c1. The summed E-state index contributed by atoms with van der Waals surface area (Å²) in [6, 6.07) is 38.2. The molecule has 0 unspecified atom stereocenters. The van der Waals surface area contributed by atoms with Gasteiger partial charge in [-0.15, -0.1) is 47.5 Å². The van der Waals surface area contributed by atoms with Crippen LogP contribution in [0.2, 0.25) is 0 Å². The number of fused-ring (bicyclic) bond motifs is 1. The number of allylic oxidation sites excluding steroid dienone is 4. The predicted molar refractivity (Wildman–Crippen MR) is 141 cm³/mol. The van der Waals surface area contributed by atoms with Crippen molar-refractivity contribution in [3.8, 4) is 5.69 Å². The number of hydrogen-bond donors (Lipinski definition) is 0. The Hall–Kier alpha value is -3.09. The number of rotatable bonds is 4. The van der Waals surface area contributed by atoms with Crippen LogP contribution in [0.25, 0.3) is 16.5 Å². The van der Waals surface area contributed by atoms with Crippen molar-refractivity contribution in [1.82, 2.24) is 4.57 Å². The van der Waals surface area contributed by atoms with Gasteiger partial charge in [0, 0.05) is 12.4 Å². The van der Waals surface area contributed by atoms with Crippen LogP contribution in [0.4, 0.5) is 0 Å². The third kappa shape index (κ3) is 8.05. The average molecular weight is 519 g/mol. The van der Waals surface area contributed by atoms with Crippen molar-refractivity contribution in [3.05, 3.63) is 157 Å². The number of aryl methyl sites for hydroxylation is 2. The van der Waals surface area contributed by atoms with E-state index in [1.54, 1.807) is 0 Å². The molecule has 1 aliphatic carbocycles. The quantitative estimate of drug-likeness (QED) is 0.212. The predicted octanol–water partition coefficient (Wildman–Crippen LogP) is 8.12. The molecule has 34 heavy (non-hydrogen) atoms. The second kappa shape index (κ2) is 14.2. The number of benzene rings is 3. The molecule has 166 valence electrons. The van der Waals surface area contributed by atoms with Crippen LogP contribution in [0.5, 0.6) is 0 Å². The Kier molecular flexibility index (Phi) is 10.7. The van der Waals surface area contributed by atoms with Gasteiger partial charge in [0.15, 0.2) is 0 Å². The van der Waals surface area contributed by atoms with Crippen LogP contribution in [0.15, 0.2) is 140 Å². The van der Waals surface area contributed by atoms with Crippen molar-refractivity contribution in [3.63, 3.8) is 0 Å². The van der Waals surface area contributed by atoms with Crippen LogP contribution in [0.1, 0.15) is 17.5 Å². The van der Waals surface area contributed by atoms with Crippen molar-refractivity contribution in [2.24, 2.45) is 0 Å². The van der Waals surface area contributed by atoms with E-state index in [0.717, 1.165) is 19.3 Å². The Bertz CT molecular complexity index is 1180. The molecule has 0 saturated heterocycles. The van der Waals surface area contributed by atoms with E-state index in [1.807, 2.05) is 24.3 Å². The molecule has 0 bridgehead atoms. The molecule has 4 aromatic carbocycles. The zero-order chi connectivity index (χ0) is 22.6. The molecule has 0 spiro atoms. The summed E-state index contributed by atoms with van der Waals surface area (Å²) in [7, 11) is 0. The van der Waals surface area contributed by atoms with Gasteiger partial charge in [-0.1, -0.05) is 66.7 Å². The molecule has 1 nitrogen and oxygen atoms in total. The second-order valence-electron chi connectivity index (χ2n) is 7.91. The summed E-state index contributed by atoms with van der Waals surface area (Å²) in [5.74, 6) is 0. The van der Waals surface area contributed by atoms with E-state index < -0.39 is 0 Å². The van der Waals surface area contributed by atoms with Gasteiger partial charge < -0.3 is 4.57 Å². The summed E-state index contributed by atoms with van der Waals surface area (Å²) in [5.41, 5.74) is 4.06. The first-order valence-corrected chi connectivity index (χ1v) is 11.5. The molecule has 0 saturated carbocycles. The Morgan fingerprint density at radius 1 is 0.706 bits per heavy atom. The molecule has 1 aliphatic rings. The van der Waals surface area contributed by atoms with E-state index in [2.05, 4.69) is 126 Å². The van der Waals surface area contributed by atoms with Crippen molar-refractivity contribution >= 4 is 10.8 Å². The van der Waals surface area contributed by atoms with Crippen molar-refractivity contribution in [2.75, 3.05) is 0 Å². The minimum absolute atomic E-state index is 0. The van der Waals surface area contributed by atoms with Crippen molar-refractivity contribution in [1.29, 1.82) is 0 Å². The van der Waals surface area contributed by atoms with Crippen LogP contribution in [0.3, 0.4) is 0 Å². The molecular formula is C32H29NZr. The third-order valence-electron chi connectivity index (χ3n) is 5.48. The summed E-state index contributed by atoms with van der Waals surface area (Å²) in [4.78, 5) is 0. The maximum atomic E-state index is 2.99. The van der Waals surface area contributed by atoms with Crippen LogP contribution < -0.4 is 0 Å². The first-order valence-electron chi connectivity index (χ1n) is 11.5. The maximum Gasteiger partial charge on any atom is 2.00 e. The second-order valence-corrected chi connectivity index (χ2v) is 7.91. The van der Waals surface area contributed by atoms with Crippen molar-refractivity contribution < 1.29 is 26.2 Å². The Balaban J connectivity index is 0.000000155. The summed E-state index contributed by atoms with van der Waals surface area (Å²) < 4.78 is 2.12. The molecule has 1 heterocycles. The van der Waals surface area contributed by atoms with E-state index in [-0.39, 0.29) is 26.2 Å². The molecule has 6 rings (SSSR count). The van der Waals surface area contributed by atoms with Gasteiger partial charge in [-0.25, -0.2) is 12.2 Å². The smallest absolute Gasteiger partial charge is 0.342 e. The first-order chi connectivity index (χ1) is 16.4. The molecule has 2 heteroatoms. The molecule has 0 aliphatic heterocycles. The summed E-state index contributed by atoms with van der Waals surface area (Å²) in [6.45, 7) is 0. The Labute approximate surface area is 222 Å². The molecule has 1 aromatic heterocycles. The summed E-state index contributed by atoms with van der Waals surface area (Å²) >= 11 is 0. The zero-order valence-electron chi connectivity index (χ0n) is 19.3. The molecule has 0 atom stereocenters. The first kappa shape index (κ1) is 25.5. The topological polar surface area (TPSA) is 4.93 Å². The van der Waals surface area contributed by atoms with Gasteiger partial charge in [-0.3, -0.25) is 6.08 Å². The molecular weight excluding hydrogens is 490 g/mol. The fourth-order valence-corrected chi connectivity index (χ4v) is 3.71. The Morgan fingerprint density at radius 3 is 1.79 bits per heavy atom. The fraction of sp³-hybridized carbons (Fsp3) is 0.0938. The minimum Gasteiger partial charge on any atom is -0.342 e. The minimum atomic E-state index is 0. The molecule has 5 aromatic rings. The van der Waals surface area contributed by atoms with Crippen LogP contribution in [-0.4, -0.2) is 4.57 Å². The molecule has 0 N–H and O–H groups in total. The third-order valence-corrected chi connectivity index (χ3v) is 5.48. The van der Waals surface area contributed by atoms with E-state index in [1.165, 1.54) is 27.6 Å². The normalized spacial score (nSPS) is 11.2. The van der Waals surface area contributed by atoms with Gasteiger partial charge in [-0.05, 0) is 41.8 Å². The molecule has 0 amide bonds. The standard InChI is InChI=1S/C14H14.C13H10N.C5H5.Zr/c1-3-7-13(8-4-1)11-12-14-9-5-2-6-10-14;1-2-6-12-10-13(9-11(12)5-1)14-7-3-4-8-14;1-2-4-5-3-1;/h1-10H,11-12H2;1-10H;1-3H,4H2;/q;2*-1;+2. The van der Waals surface area contributed by atoms with Crippen molar-refractivity contribution in [2.45, 2.75) is 19.3 Å². The fourth-order valence-electron chi connectivity index (χ4n) is 3.71. The van der Waals surface area contributed by atoms with Crippen LogP contribution in [0, 0.1) is 6.08 Å².